The van der Waals surface area contributed by atoms with E-state index in [1.807, 2.05) is 0 Å². The Balaban J connectivity index is 1.55. The van der Waals surface area contributed by atoms with Gasteiger partial charge in [0.1, 0.15) is 11.3 Å². The summed E-state index contributed by atoms with van der Waals surface area (Å²) in [5.74, 6) is 0.0805. The first kappa shape index (κ1) is 26.2. The van der Waals surface area contributed by atoms with Crippen LogP contribution in [0.15, 0.2) is 24.3 Å². The van der Waals surface area contributed by atoms with Crippen molar-refractivity contribution in [1.29, 1.82) is 0 Å². The third kappa shape index (κ3) is 8.75. The highest BCUT2D eigenvalue weighted by Crippen LogP contribution is 2.28. The van der Waals surface area contributed by atoms with Gasteiger partial charge in [-0.3, -0.25) is 10.1 Å². The van der Waals surface area contributed by atoms with Gasteiger partial charge in [0, 0.05) is 4.88 Å². The van der Waals surface area contributed by atoms with Crippen LogP contribution < -0.4 is 10.1 Å². The Morgan fingerprint density at radius 2 is 1.68 bits per heavy atom. The van der Waals surface area contributed by atoms with Gasteiger partial charge in [-0.1, -0.05) is 64.5 Å². The summed E-state index contributed by atoms with van der Waals surface area (Å²) in [6.07, 6.45) is 12.9. The number of para-hydroxylation sites is 1. The lowest BCUT2D eigenvalue weighted by atomic mass is 10.0. The fourth-order valence-corrected chi connectivity index (χ4v) is 5.06. The van der Waals surface area contributed by atoms with Gasteiger partial charge in [-0.15, -0.1) is 11.3 Å². The molecule has 1 aromatic carbocycles. The Hall–Kier alpha value is -2.41. The van der Waals surface area contributed by atoms with Gasteiger partial charge in [0.15, 0.2) is 11.7 Å². The number of ether oxygens (including phenoxy) is 2. The van der Waals surface area contributed by atoms with Crippen LogP contribution in [0.4, 0.5) is 5.13 Å². The van der Waals surface area contributed by atoms with Crippen LogP contribution in [0.1, 0.15) is 92.6 Å². The van der Waals surface area contributed by atoms with E-state index in [4.69, 9.17) is 14.5 Å². The lowest BCUT2D eigenvalue weighted by Gasteiger charge is -2.11. The quantitative estimate of drug-likeness (QED) is 0.426. The molecule has 186 valence electrons. The average molecular weight is 487 g/mol. The smallest absolute Gasteiger partial charge is 0.341 e. The van der Waals surface area contributed by atoms with E-state index in [-0.39, 0.29) is 12.5 Å². The number of fused-ring (bicyclic) bond motifs is 1. The van der Waals surface area contributed by atoms with Crippen molar-refractivity contribution < 1.29 is 19.1 Å². The highest BCUT2D eigenvalue weighted by Gasteiger charge is 2.17. The summed E-state index contributed by atoms with van der Waals surface area (Å²) in [5, 5.41) is 3.52. The first-order valence-electron chi connectivity index (χ1n) is 12.7. The number of carbonyl (C=O) groups excluding carboxylic acids is 2. The molecule has 7 heteroatoms. The largest absolute Gasteiger partial charge is 0.483 e. The fraction of sp³-hybridized carbons (Fsp3) is 0.593. The average Bonchev–Trinajstić information content (AvgIpc) is 3.18. The van der Waals surface area contributed by atoms with E-state index < -0.39 is 5.97 Å². The highest BCUT2D eigenvalue weighted by atomic mass is 32.1. The molecule has 0 aliphatic heterocycles. The van der Waals surface area contributed by atoms with Crippen LogP contribution in [-0.2, 0) is 22.4 Å². The maximum Gasteiger partial charge on any atom is 0.341 e. The van der Waals surface area contributed by atoms with Crippen LogP contribution in [0.3, 0.4) is 0 Å². The topological polar surface area (TPSA) is 77.5 Å². The van der Waals surface area contributed by atoms with Gasteiger partial charge >= 0.3 is 5.97 Å². The summed E-state index contributed by atoms with van der Waals surface area (Å²) in [6, 6.07) is 6.86. The van der Waals surface area contributed by atoms with Crippen LogP contribution in [0.5, 0.6) is 5.75 Å². The van der Waals surface area contributed by atoms with Crippen molar-refractivity contribution in [2.75, 3.05) is 18.5 Å². The van der Waals surface area contributed by atoms with Crippen molar-refractivity contribution in [3.63, 3.8) is 0 Å². The number of thiazole rings is 1. The zero-order valence-corrected chi connectivity index (χ0v) is 21.4. The molecule has 6 nitrogen and oxygen atoms in total. The van der Waals surface area contributed by atoms with Crippen LogP contribution >= 0.6 is 11.3 Å². The van der Waals surface area contributed by atoms with Crippen LogP contribution in [-0.4, -0.2) is 30.1 Å². The number of hydrogen-bond donors (Lipinski definition) is 1. The van der Waals surface area contributed by atoms with Gasteiger partial charge in [0.25, 0.3) is 5.91 Å². The third-order valence-corrected chi connectivity index (χ3v) is 7.06. The van der Waals surface area contributed by atoms with Crippen molar-refractivity contribution >= 4 is 28.3 Å². The van der Waals surface area contributed by atoms with E-state index in [2.05, 4.69) is 19.2 Å². The second-order valence-corrected chi connectivity index (χ2v) is 10.5. The standard InChI is InChI=1S/C27H38N2O4S/c1-20(2)17-18-32-26(31)21-13-11-12-15-23(21)33-19-25(30)29-27-28-22-14-9-7-5-3-4-6-8-10-16-24(22)34-27/h11-13,15,20H,3-10,14,16-19H2,1-2H3,(H,28,29,30). The molecule has 0 radical (unpaired) electrons. The number of hydrogen-bond acceptors (Lipinski definition) is 6. The predicted molar refractivity (Wildman–Crippen MR) is 137 cm³/mol. The van der Waals surface area contributed by atoms with Crippen molar-refractivity contribution in [2.45, 2.75) is 84.5 Å². The van der Waals surface area contributed by atoms with Crippen molar-refractivity contribution in [3.8, 4) is 5.75 Å². The molecule has 3 rings (SSSR count). The van der Waals surface area contributed by atoms with E-state index in [0.717, 1.165) is 31.4 Å². The SMILES string of the molecule is CC(C)CCOC(=O)c1ccccc1OCC(=O)Nc1nc2c(s1)CCCCCCCCCC2. The van der Waals surface area contributed by atoms with E-state index in [9.17, 15) is 9.59 Å². The first-order valence-corrected chi connectivity index (χ1v) is 13.5. The number of rotatable bonds is 8. The molecule has 0 unspecified atom stereocenters. The summed E-state index contributed by atoms with van der Waals surface area (Å²) in [7, 11) is 0. The normalized spacial score (nSPS) is 15.0. The molecule has 0 atom stereocenters. The van der Waals surface area contributed by atoms with Crippen LogP contribution in [0.2, 0.25) is 0 Å². The molecule has 1 N–H and O–H groups in total. The minimum absolute atomic E-state index is 0.194. The third-order valence-electron chi connectivity index (χ3n) is 5.99. The van der Waals surface area contributed by atoms with Crippen molar-refractivity contribution in [2.24, 2.45) is 5.92 Å². The molecule has 0 fully saturated rings. The Morgan fingerprint density at radius 1 is 1.00 bits per heavy atom. The highest BCUT2D eigenvalue weighted by molar-refractivity contribution is 7.15. The zero-order valence-electron chi connectivity index (χ0n) is 20.6. The molecule has 1 aromatic heterocycles. The summed E-state index contributed by atoms with van der Waals surface area (Å²) in [6.45, 7) is 4.33. The van der Waals surface area contributed by atoms with E-state index in [1.165, 1.54) is 49.8 Å². The number of anilines is 1. The lowest BCUT2D eigenvalue weighted by Crippen LogP contribution is -2.21. The van der Waals surface area contributed by atoms with Gasteiger partial charge in [-0.25, -0.2) is 9.78 Å². The molecule has 0 spiro atoms. The molecule has 34 heavy (non-hydrogen) atoms. The maximum atomic E-state index is 12.6. The second-order valence-electron chi connectivity index (χ2n) is 9.37. The maximum absolute atomic E-state index is 12.6. The Labute approximate surface area is 207 Å². The summed E-state index contributed by atoms with van der Waals surface area (Å²) in [5.41, 5.74) is 1.46. The summed E-state index contributed by atoms with van der Waals surface area (Å²) >= 11 is 1.58. The molecule has 1 aliphatic rings. The van der Waals surface area contributed by atoms with E-state index in [1.54, 1.807) is 35.6 Å². The number of carbonyl (C=O) groups is 2. The van der Waals surface area contributed by atoms with E-state index in [0.29, 0.717) is 29.0 Å². The lowest BCUT2D eigenvalue weighted by molar-refractivity contribution is -0.118. The van der Waals surface area contributed by atoms with Crippen LogP contribution in [0, 0.1) is 5.92 Å². The Bertz CT molecular complexity index is 896. The van der Waals surface area contributed by atoms with E-state index >= 15 is 0 Å². The Kier molecular flexibility index (Phi) is 10.9. The number of aryl methyl sites for hydroxylation is 2. The zero-order chi connectivity index (χ0) is 24.2. The van der Waals surface area contributed by atoms with Crippen molar-refractivity contribution in [1.82, 2.24) is 4.98 Å². The molecule has 1 heterocycles. The Morgan fingerprint density at radius 3 is 2.41 bits per heavy atom. The first-order chi connectivity index (χ1) is 16.5. The molecule has 1 aliphatic carbocycles. The second kappa shape index (κ2) is 14.1. The molecule has 0 bridgehead atoms. The molecule has 1 amide bonds. The molecule has 0 saturated heterocycles. The predicted octanol–water partition coefficient (Wildman–Crippen LogP) is 6.58. The number of esters is 1. The number of amides is 1. The monoisotopic (exact) mass is 486 g/mol. The van der Waals surface area contributed by atoms with Crippen molar-refractivity contribution in [3.05, 3.63) is 40.4 Å². The van der Waals surface area contributed by atoms with Gasteiger partial charge in [0.2, 0.25) is 0 Å². The number of nitrogens with one attached hydrogen (secondary N) is 1. The number of benzene rings is 1. The number of nitrogens with zero attached hydrogens (tertiary/aromatic N) is 1. The molecule has 2 aromatic rings. The molecular weight excluding hydrogens is 448 g/mol. The minimum atomic E-state index is -0.435. The van der Waals surface area contributed by atoms with Gasteiger partial charge in [-0.2, -0.15) is 0 Å². The van der Waals surface area contributed by atoms with Gasteiger partial charge < -0.3 is 9.47 Å². The van der Waals surface area contributed by atoms with Gasteiger partial charge in [-0.05, 0) is 50.2 Å². The minimum Gasteiger partial charge on any atom is -0.483 e. The summed E-state index contributed by atoms with van der Waals surface area (Å²) < 4.78 is 11.0. The fourth-order valence-electron chi connectivity index (χ4n) is 3.99. The van der Waals surface area contributed by atoms with Crippen LogP contribution in [0.25, 0.3) is 0 Å². The van der Waals surface area contributed by atoms with Gasteiger partial charge in [0.05, 0.1) is 12.3 Å². The molecular formula is C27H38N2O4S. The number of aromatic nitrogens is 1. The summed E-state index contributed by atoms with van der Waals surface area (Å²) in [4.78, 5) is 31.0. The molecule has 0 saturated carbocycles.